The number of benzene rings is 2. The van der Waals surface area contributed by atoms with Crippen LogP contribution in [-0.2, 0) is 13.0 Å². The Morgan fingerprint density at radius 2 is 1.42 bits per heavy atom. The van der Waals surface area contributed by atoms with E-state index in [1.165, 1.54) is 33.4 Å². The molecule has 1 N–H and O–H groups in total. The molecule has 0 atom stereocenters. The molecule has 0 spiro atoms. The maximum absolute atomic E-state index is 3.18. The molecule has 0 aliphatic carbocycles. The van der Waals surface area contributed by atoms with Crippen LogP contribution in [0, 0.1) is 20.8 Å². The molecule has 100 valence electrons. The monoisotopic (exact) mass is 253 g/mol. The van der Waals surface area contributed by atoms with Crippen LogP contribution in [0.1, 0.15) is 33.4 Å². The molecule has 0 aromatic heterocycles. The average molecular weight is 253 g/mol. The Morgan fingerprint density at radius 3 is 2.05 bits per heavy atom. The number of hydrogen-bond donors (Lipinski definition) is 1. The van der Waals surface area contributed by atoms with Gasteiger partial charge in [0.2, 0.25) is 0 Å². The van der Waals surface area contributed by atoms with E-state index in [9.17, 15) is 0 Å². The van der Waals surface area contributed by atoms with Crippen molar-refractivity contribution in [1.29, 1.82) is 0 Å². The predicted octanol–water partition coefficient (Wildman–Crippen LogP) is 3.92. The molecule has 2 aromatic carbocycles. The van der Waals surface area contributed by atoms with Crippen LogP contribution < -0.4 is 5.32 Å². The van der Waals surface area contributed by atoms with E-state index in [0.29, 0.717) is 0 Å². The van der Waals surface area contributed by atoms with Crippen LogP contribution in [0.4, 0.5) is 0 Å². The van der Waals surface area contributed by atoms with Gasteiger partial charge in [-0.05, 0) is 67.6 Å². The summed E-state index contributed by atoms with van der Waals surface area (Å²) in [6, 6.07) is 13.4. The Kier molecular flexibility index (Phi) is 4.39. The first-order chi connectivity index (χ1) is 9.11. The fraction of sp³-hybridized carbons (Fsp3) is 0.333. The summed E-state index contributed by atoms with van der Waals surface area (Å²) in [5, 5.41) is 3.18. The van der Waals surface area contributed by atoms with E-state index >= 15 is 0 Å². The summed E-state index contributed by atoms with van der Waals surface area (Å²) in [5.74, 6) is 0. The Hall–Kier alpha value is -1.60. The molecule has 0 aliphatic rings. The van der Waals surface area contributed by atoms with Crippen LogP contribution in [0.2, 0.25) is 0 Å². The highest BCUT2D eigenvalue weighted by Gasteiger charge is 2.04. The molecular formula is C18H23N. The standard InChI is InChI=1S/C18H23N/c1-13-5-10-18(15(3)14(13)2)11-16-6-8-17(9-7-16)12-19-4/h5-10,19H,11-12H2,1-4H3. The Morgan fingerprint density at radius 1 is 0.789 bits per heavy atom. The number of rotatable bonds is 4. The molecule has 1 heteroatoms. The highest BCUT2D eigenvalue weighted by molar-refractivity contribution is 5.41. The smallest absolute Gasteiger partial charge is 0.0202 e. The van der Waals surface area contributed by atoms with Crippen molar-refractivity contribution in [1.82, 2.24) is 5.32 Å². The molecule has 0 heterocycles. The van der Waals surface area contributed by atoms with Crippen molar-refractivity contribution in [2.75, 3.05) is 7.05 Å². The van der Waals surface area contributed by atoms with Gasteiger partial charge in [-0.1, -0.05) is 36.4 Å². The summed E-state index contributed by atoms with van der Waals surface area (Å²) in [4.78, 5) is 0. The Bertz CT molecular complexity index is 553. The zero-order valence-corrected chi connectivity index (χ0v) is 12.4. The minimum absolute atomic E-state index is 0.933. The molecule has 19 heavy (non-hydrogen) atoms. The van der Waals surface area contributed by atoms with E-state index in [1.807, 2.05) is 7.05 Å². The third-order valence-corrected chi connectivity index (χ3v) is 3.97. The van der Waals surface area contributed by atoms with E-state index in [2.05, 4.69) is 62.5 Å². The van der Waals surface area contributed by atoms with E-state index in [-0.39, 0.29) is 0 Å². The topological polar surface area (TPSA) is 12.0 Å². The molecule has 0 saturated heterocycles. The Balaban J connectivity index is 2.19. The second-order valence-electron chi connectivity index (χ2n) is 5.32. The van der Waals surface area contributed by atoms with Crippen LogP contribution in [-0.4, -0.2) is 7.05 Å². The zero-order valence-electron chi connectivity index (χ0n) is 12.4. The molecule has 0 amide bonds. The van der Waals surface area contributed by atoms with Gasteiger partial charge in [-0.15, -0.1) is 0 Å². The molecule has 0 aliphatic heterocycles. The second-order valence-corrected chi connectivity index (χ2v) is 5.32. The van der Waals surface area contributed by atoms with Gasteiger partial charge in [0.05, 0.1) is 0 Å². The molecule has 2 rings (SSSR count). The van der Waals surface area contributed by atoms with Crippen LogP contribution >= 0.6 is 0 Å². The second kappa shape index (κ2) is 6.03. The van der Waals surface area contributed by atoms with E-state index in [1.54, 1.807) is 0 Å². The lowest BCUT2D eigenvalue weighted by molar-refractivity contribution is 0.817. The lowest BCUT2D eigenvalue weighted by Gasteiger charge is -2.11. The van der Waals surface area contributed by atoms with E-state index in [0.717, 1.165) is 13.0 Å². The molecular weight excluding hydrogens is 230 g/mol. The third kappa shape index (κ3) is 3.24. The number of nitrogens with one attached hydrogen (secondary N) is 1. The van der Waals surface area contributed by atoms with Crippen molar-refractivity contribution < 1.29 is 0 Å². The van der Waals surface area contributed by atoms with Gasteiger partial charge in [-0.2, -0.15) is 0 Å². The Labute approximate surface area is 116 Å². The first kappa shape index (κ1) is 13.8. The minimum Gasteiger partial charge on any atom is -0.316 e. The maximum atomic E-state index is 3.18. The predicted molar refractivity (Wildman–Crippen MR) is 82.7 cm³/mol. The van der Waals surface area contributed by atoms with Crippen LogP contribution in [0.15, 0.2) is 36.4 Å². The summed E-state index contributed by atoms with van der Waals surface area (Å²) >= 11 is 0. The molecule has 1 nitrogen and oxygen atoms in total. The lowest BCUT2D eigenvalue weighted by Crippen LogP contribution is -2.04. The molecule has 2 aromatic rings. The quantitative estimate of drug-likeness (QED) is 0.870. The van der Waals surface area contributed by atoms with Crippen LogP contribution in [0.3, 0.4) is 0 Å². The fourth-order valence-electron chi connectivity index (χ4n) is 2.40. The summed E-state index contributed by atoms with van der Waals surface area (Å²) < 4.78 is 0. The fourth-order valence-corrected chi connectivity index (χ4v) is 2.40. The first-order valence-corrected chi connectivity index (χ1v) is 6.90. The van der Waals surface area contributed by atoms with Gasteiger partial charge in [-0.3, -0.25) is 0 Å². The van der Waals surface area contributed by atoms with Gasteiger partial charge >= 0.3 is 0 Å². The van der Waals surface area contributed by atoms with Gasteiger partial charge in [0.1, 0.15) is 0 Å². The summed E-state index contributed by atoms with van der Waals surface area (Å²) in [6.07, 6.45) is 1.02. The molecule has 0 unspecified atom stereocenters. The third-order valence-electron chi connectivity index (χ3n) is 3.97. The highest BCUT2D eigenvalue weighted by atomic mass is 14.8. The van der Waals surface area contributed by atoms with Crippen molar-refractivity contribution in [2.45, 2.75) is 33.7 Å². The van der Waals surface area contributed by atoms with Gasteiger partial charge in [0.25, 0.3) is 0 Å². The van der Waals surface area contributed by atoms with Crippen LogP contribution in [0.5, 0.6) is 0 Å². The highest BCUT2D eigenvalue weighted by Crippen LogP contribution is 2.20. The van der Waals surface area contributed by atoms with Gasteiger partial charge in [0, 0.05) is 6.54 Å². The van der Waals surface area contributed by atoms with Crippen molar-refractivity contribution in [2.24, 2.45) is 0 Å². The summed E-state index contributed by atoms with van der Waals surface area (Å²) in [6.45, 7) is 7.55. The summed E-state index contributed by atoms with van der Waals surface area (Å²) in [7, 11) is 1.98. The molecule has 0 saturated carbocycles. The average Bonchev–Trinajstić information content (AvgIpc) is 2.42. The number of hydrogen-bond acceptors (Lipinski definition) is 1. The van der Waals surface area contributed by atoms with Crippen molar-refractivity contribution in [3.05, 3.63) is 69.8 Å². The SMILES string of the molecule is CNCc1ccc(Cc2ccc(C)c(C)c2C)cc1. The molecule has 0 fully saturated rings. The molecule has 0 radical (unpaired) electrons. The largest absolute Gasteiger partial charge is 0.316 e. The normalized spacial score (nSPS) is 10.7. The molecule has 0 bridgehead atoms. The number of aryl methyl sites for hydroxylation is 1. The minimum atomic E-state index is 0.933. The van der Waals surface area contributed by atoms with E-state index < -0.39 is 0 Å². The van der Waals surface area contributed by atoms with Crippen LogP contribution in [0.25, 0.3) is 0 Å². The van der Waals surface area contributed by atoms with Gasteiger partial charge < -0.3 is 5.32 Å². The van der Waals surface area contributed by atoms with E-state index in [4.69, 9.17) is 0 Å². The van der Waals surface area contributed by atoms with Crippen molar-refractivity contribution in [3.63, 3.8) is 0 Å². The summed E-state index contributed by atoms with van der Waals surface area (Å²) in [5.41, 5.74) is 8.38. The van der Waals surface area contributed by atoms with Gasteiger partial charge in [-0.25, -0.2) is 0 Å². The maximum Gasteiger partial charge on any atom is 0.0202 e. The first-order valence-electron chi connectivity index (χ1n) is 6.90. The lowest BCUT2D eigenvalue weighted by atomic mass is 9.94. The van der Waals surface area contributed by atoms with Crippen molar-refractivity contribution in [3.8, 4) is 0 Å². The van der Waals surface area contributed by atoms with Crippen molar-refractivity contribution >= 4 is 0 Å². The van der Waals surface area contributed by atoms with Gasteiger partial charge in [0.15, 0.2) is 0 Å². The zero-order chi connectivity index (χ0) is 13.8.